The van der Waals surface area contributed by atoms with Gasteiger partial charge in [-0.1, -0.05) is 6.07 Å². The summed E-state index contributed by atoms with van der Waals surface area (Å²) < 4.78 is 13.7. The van der Waals surface area contributed by atoms with Crippen LogP contribution in [-0.2, 0) is 0 Å². The Morgan fingerprint density at radius 2 is 1.44 bits per heavy atom. The van der Waals surface area contributed by atoms with Crippen LogP contribution in [0.3, 0.4) is 0 Å². The normalized spacial score (nSPS) is 11.4. The third-order valence-corrected chi connectivity index (χ3v) is 5.00. The van der Waals surface area contributed by atoms with Crippen LogP contribution < -0.4 is 14.8 Å². The Morgan fingerprint density at radius 3 is 2.06 bits per heavy atom. The van der Waals surface area contributed by atoms with Gasteiger partial charge in [0.15, 0.2) is 0 Å². The number of nitrogens with one attached hydrogen (secondary N) is 1. The summed E-state index contributed by atoms with van der Waals surface area (Å²) in [7, 11) is 0. The molecule has 0 fully saturated rings. The second-order valence-corrected chi connectivity index (χ2v) is 8.45. The van der Waals surface area contributed by atoms with Gasteiger partial charge in [0.25, 0.3) is 0 Å². The SMILES string of the molecule is Cc1nc(Nc2ccc3ccn(-c4ccc(OC(C)C)c(C)n4)c3c2)ccc1OC(C)C. The molecule has 3 aromatic heterocycles. The molecule has 0 aliphatic heterocycles. The molecule has 4 rings (SSSR count). The molecule has 0 bridgehead atoms. The maximum Gasteiger partial charge on any atom is 0.141 e. The van der Waals surface area contributed by atoms with Gasteiger partial charge in [0.1, 0.15) is 23.1 Å². The van der Waals surface area contributed by atoms with Crippen molar-refractivity contribution in [3.05, 3.63) is 66.1 Å². The summed E-state index contributed by atoms with van der Waals surface area (Å²) >= 11 is 0. The topological polar surface area (TPSA) is 61.2 Å². The van der Waals surface area contributed by atoms with Gasteiger partial charge in [-0.05, 0) is 84.0 Å². The number of ether oxygens (including phenoxy) is 2. The van der Waals surface area contributed by atoms with Gasteiger partial charge in [-0.15, -0.1) is 0 Å². The fourth-order valence-corrected chi connectivity index (χ4v) is 3.60. The van der Waals surface area contributed by atoms with Crippen molar-refractivity contribution in [3.8, 4) is 17.3 Å². The summed E-state index contributed by atoms with van der Waals surface area (Å²) in [6.07, 6.45) is 2.28. The van der Waals surface area contributed by atoms with Gasteiger partial charge in [-0.3, -0.25) is 0 Å². The molecule has 0 saturated carbocycles. The zero-order valence-electron chi connectivity index (χ0n) is 19.5. The van der Waals surface area contributed by atoms with Gasteiger partial charge in [-0.25, -0.2) is 9.97 Å². The number of aryl methyl sites for hydroxylation is 2. The Balaban J connectivity index is 1.62. The molecular weight excluding hydrogens is 400 g/mol. The van der Waals surface area contributed by atoms with Crippen molar-refractivity contribution >= 4 is 22.4 Å². The summed E-state index contributed by atoms with van der Waals surface area (Å²) in [5, 5.41) is 4.55. The van der Waals surface area contributed by atoms with E-state index >= 15 is 0 Å². The second-order valence-electron chi connectivity index (χ2n) is 8.45. The second kappa shape index (κ2) is 8.91. The van der Waals surface area contributed by atoms with Crippen molar-refractivity contribution in [1.29, 1.82) is 0 Å². The minimum Gasteiger partial charge on any atom is -0.489 e. The number of hydrogen-bond donors (Lipinski definition) is 1. The molecule has 0 aliphatic rings. The van der Waals surface area contributed by atoms with Crippen LogP contribution in [0.2, 0.25) is 0 Å². The first-order chi connectivity index (χ1) is 15.3. The zero-order valence-corrected chi connectivity index (χ0v) is 19.5. The molecule has 0 amide bonds. The molecule has 0 atom stereocenters. The minimum atomic E-state index is 0.116. The summed E-state index contributed by atoms with van der Waals surface area (Å²) in [4.78, 5) is 9.41. The Morgan fingerprint density at radius 1 is 0.781 bits per heavy atom. The van der Waals surface area contributed by atoms with E-state index in [1.807, 2.05) is 72.0 Å². The fourth-order valence-electron chi connectivity index (χ4n) is 3.60. The Bertz CT molecular complexity index is 1240. The van der Waals surface area contributed by atoms with E-state index in [1.54, 1.807) is 0 Å². The number of hydrogen-bond acceptors (Lipinski definition) is 5. The quantitative estimate of drug-likeness (QED) is 0.370. The maximum atomic E-state index is 5.83. The molecule has 0 spiro atoms. The summed E-state index contributed by atoms with van der Waals surface area (Å²) in [5.41, 5.74) is 3.75. The molecule has 0 aliphatic carbocycles. The van der Waals surface area contributed by atoms with Gasteiger partial charge < -0.3 is 19.4 Å². The van der Waals surface area contributed by atoms with Crippen molar-refractivity contribution in [3.63, 3.8) is 0 Å². The largest absolute Gasteiger partial charge is 0.489 e. The van der Waals surface area contributed by atoms with Gasteiger partial charge in [0, 0.05) is 17.3 Å². The lowest BCUT2D eigenvalue weighted by Crippen LogP contribution is -2.08. The number of fused-ring (bicyclic) bond motifs is 1. The molecule has 0 saturated heterocycles. The first-order valence-corrected chi connectivity index (χ1v) is 11.0. The number of aromatic nitrogens is 3. The Hall–Kier alpha value is -3.54. The highest BCUT2D eigenvalue weighted by Gasteiger charge is 2.10. The molecule has 166 valence electrons. The first-order valence-electron chi connectivity index (χ1n) is 11.0. The lowest BCUT2D eigenvalue weighted by Gasteiger charge is -2.14. The van der Waals surface area contributed by atoms with Crippen LogP contribution in [0.15, 0.2) is 54.7 Å². The van der Waals surface area contributed by atoms with E-state index < -0.39 is 0 Å². The molecule has 1 aromatic carbocycles. The average Bonchev–Trinajstić information content (AvgIpc) is 3.14. The van der Waals surface area contributed by atoms with Crippen molar-refractivity contribution in [2.24, 2.45) is 0 Å². The van der Waals surface area contributed by atoms with Gasteiger partial charge in [0.05, 0.1) is 29.1 Å². The van der Waals surface area contributed by atoms with Crippen molar-refractivity contribution in [1.82, 2.24) is 14.5 Å². The van der Waals surface area contributed by atoms with Crippen molar-refractivity contribution in [2.45, 2.75) is 53.8 Å². The lowest BCUT2D eigenvalue weighted by atomic mass is 10.2. The van der Waals surface area contributed by atoms with E-state index in [0.29, 0.717) is 0 Å². The standard InChI is InChI=1S/C26H30N4O2/c1-16(2)31-23-9-11-25(27-18(23)5)29-21-8-7-20-13-14-30(22(20)15-21)26-12-10-24(19(6)28-26)32-17(3)4/h7-17H,1-6H3,(H,27,29). The number of anilines is 2. The van der Waals surface area contributed by atoms with E-state index in [2.05, 4.69) is 39.1 Å². The molecule has 3 heterocycles. The lowest BCUT2D eigenvalue weighted by molar-refractivity contribution is 0.239. The third kappa shape index (κ3) is 4.69. The first kappa shape index (κ1) is 21.7. The molecule has 1 N–H and O–H groups in total. The van der Waals surface area contributed by atoms with Crippen molar-refractivity contribution < 1.29 is 9.47 Å². The van der Waals surface area contributed by atoms with Crippen LogP contribution in [0.4, 0.5) is 11.5 Å². The predicted octanol–water partition coefficient (Wildman–Crippen LogP) is 6.36. The molecule has 6 heteroatoms. The Kier molecular flexibility index (Phi) is 6.04. The molecule has 4 aromatic rings. The highest BCUT2D eigenvalue weighted by molar-refractivity contribution is 5.85. The van der Waals surface area contributed by atoms with Gasteiger partial charge >= 0.3 is 0 Å². The summed E-state index contributed by atoms with van der Waals surface area (Å²) in [6, 6.07) is 16.2. The van der Waals surface area contributed by atoms with Crippen LogP contribution in [0.25, 0.3) is 16.7 Å². The monoisotopic (exact) mass is 430 g/mol. The van der Waals surface area contributed by atoms with Gasteiger partial charge in [-0.2, -0.15) is 0 Å². The zero-order chi connectivity index (χ0) is 22.8. The van der Waals surface area contributed by atoms with Crippen LogP contribution in [0.5, 0.6) is 11.5 Å². The highest BCUT2D eigenvalue weighted by Crippen LogP contribution is 2.27. The average molecular weight is 431 g/mol. The maximum absolute atomic E-state index is 5.83. The number of rotatable bonds is 7. The molecule has 32 heavy (non-hydrogen) atoms. The van der Waals surface area contributed by atoms with E-state index in [1.165, 1.54) is 0 Å². The number of pyridine rings is 2. The van der Waals surface area contributed by atoms with Gasteiger partial charge in [0.2, 0.25) is 0 Å². The van der Waals surface area contributed by atoms with Crippen molar-refractivity contribution in [2.75, 3.05) is 5.32 Å². The summed E-state index contributed by atoms with van der Waals surface area (Å²) in [5.74, 6) is 3.25. The highest BCUT2D eigenvalue weighted by atomic mass is 16.5. The predicted molar refractivity (Wildman–Crippen MR) is 130 cm³/mol. The van der Waals surface area contributed by atoms with Crippen LogP contribution in [0.1, 0.15) is 39.1 Å². The smallest absolute Gasteiger partial charge is 0.141 e. The molecule has 6 nitrogen and oxygen atoms in total. The van der Waals surface area contributed by atoms with Crippen LogP contribution >= 0.6 is 0 Å². The molecule has 0 unspecified atom stereocenters. The van der Waals surface area contributed by atoms with Crippen LogP contribution in [0, 0.1) is 13.8 Å². The summed E-state index contributed by atoms with van der Waals surface area (Å²) in [6.45, 7) is 12.0. The molecule has 0 radical (unpaired) electrons. The third-order valence-electron chi connectivity index (χ3n) is 5.00. The number of nitrogens with zero attached hydrogens (tertiary/aromatic N) is 3. The van der Waals surface area contributed by atoms with E-state index in [4.69, 9.17) is 14.5 Å². The number of benzene rings is 1. The van der Waals surface area contributed by atoms with E-state index in [9.17, 15) is 0 Å². The molecular formula is C26H30N4O2. The van der Waals surface area contributed by atoms with Crippen LogP contribution in [-0.4, -0.2) is 26.7 Å². The fraction of sp³-hybridized carbons (Fsp3) is 0.308. The van der Waals surface area contributed by atoms with E-state index in [0.717, 1.165) is 51.1 Å². The van der Waals surface area contributed by atoms with E-state index in [-0.39, 0.29) is 12.2 Å². The Labute approximate surface area is 189 Å². The minimum absolute atomic E-state index is 0.116.